The van der Waals surface area contributed by atoms with Crippen molar-refractivity contribution >= 4 is 11.6 Å². The van der Waals surface area contributed by atoms with Crippen molar-refractivity contribution in [2.75, 3.05) is 27.4 Å². The van der Waals surface area contributed by atoms with E-state index in [1.165, 1.54) is 14.2 Å². The van der Waals surface area contributed by atoms with Gasteiger partial charge in [0.25, 0.3) is 0 Å². The van der Waals surface area contributed by atoms with E-state index in [4.69, 9.17) is 20.3 Å². The van der Waals surface area contributed by atoms with Crippen molar-refractivity contribution in [3.8, 4) is 11.5 Å². The number of rotatable bonds is 6. The predicted molar refractivity (Wildman–Crippen MR) is 67.0 cm³/mol. The van der Waals surface area contributed by atoms with Gasteiger partial charge in [0.1, 0.15) is 6.61 Å². The van der Waals surface area contributed by atoms with Gasteiger partial charge in [-0.1, -0.05) is 0 Å². The molecule has 100 valence electrons. The second kappa shape index (κ2) is 7.36. The van der Waals surface area contributed by atoms with E-state index in [1.54, 1.807) is 18.2 Å². The van der Waals surface area contributed by atoms with Gasteiger partial charge >= 0.3 is 0 Å². The zero-order valence-corrected chi connectivity index (χ0v) is 10.3. The lowest BCUT2D eigenvalue weighted by molar-refractivity contribution is 0.143. The first kappa shape index (κ1) is 14.1. The Bertz CT molecular complexity index is 409. The van der Waals surface area contributed by atoms with Crippen LogP contribution >= 0.6 is 0 Å². The minimum absolute atomic E-state index is 0.0617. The van der Waals surface area contributed by atoms with Gasteiger partial charge in [0.05, 0.1) is 26.5 Å². The van der Waals surface area contributed by atoms with Gasteiger partial charge in [0.15, 0.2) is 11.5 Å². The highest BCUT2D eigenvalue weighted by atomic mass is 16.6. The maximum Gasteiger partial charge on any atom is 0.218 e. The number of guanidine groups is 1. The maximum absolute atomic E-state index is 8.70. The molecule has 0 fully saturated rings. The largest absolute Gasteiger partial charge is 0.493 e. The quantitative estimate of drug-likeness (QED) is 0.380. The smallest absolute Gasteiger partial charge is 0.218 e. The molecule has 0 aromatic heterocycles. The van der Waals surface area contributed by atoms with Crippen LogP contribution in [0.2, 0.25) is 0 Å². The summed E-state index contributed by atoms with van der Waals surface area (Å²) in [6, 6.07) is 5.06. The first-order chi connectivity index (χ1) is 8.71. The zero-order valence-electron chi connectivity index (χ0n) is 10.3. The molecule has 1 aromatic rings. The second-order valence-electron chi connectivity index (χ2n) is 3.21. The third kappa shape index (κ3) is 4.11. The molecule has 0 aliphatic rings. The van der Waals surface area contributed by atoms with Crippen LogP contribution in [0.25, 0.3) is 0 Å². The van der Waals surface area contributed by atoms with E-state index in [-0.39, 0.29) is 19.2 Å². The van der Waals surface area contributed by atoms with Gasteiger partial charge in [-0.15, -0.1) is 0 Å². The number of benzene rings is 1. The average molecular weight is 255 g/mol. The molecule has 0 spiro atoms. The number of hydroxylamine groups is 1. The summed E-state index contributed by atoms with van der Waals surface area (Å²) < 4.78 is 10.4. The van der Waals surface area contributed by atoms with Crippen LogP contribution in [0.5, 0.6) is 11.5 Å². The summed E-state index contributed by atoms with van der Waals surface area (Å²) in [6.07, 6.45) is 0. The van der Waals surface area contributed by atoms with Crippen molar-refractivity contribution in [2.24, 2.45) is 10.7 Å². The second-order valence-corrected chi connectivity index (χ2v) is 3.21. The van der Waals surface area contributed by atoms with Crippen LogP contribution in [0.3, 0.4) is 0 Å². The number of aliphatic hydroxyl groups excluding tert-OH is 1. The summed E-state index contributed by atoms with van der Waals surface area (Å²) in [6.45, 7) is 0.139. The van der Waals surface area contributed by atoms with Crippen LogP contribution < -0.4 is 20.7 Å². The minimum Gasteiger partial charge on any atom is -0.493 e. The number of nitrogens with zero attached hydrogens (tertiary/aromatic N) is 1. The molecule has 0 saturated carbocycles. The van der Waals surface area contributed by atoms with Crippen LogP contribution in [0, 0.1) is 0 Å². The number of nitrogens with one attached hydrogen (secondary N) is 1. The number of hydrogen-bond acceptors (Lipinski definition) is 5. The highest BCUT2D eigenvalue weighted by Crippen LogP contribution is 2.31. The summed E-state index contributed by atoms with van der Waals surface area (Å²) in [5.41, 5.74) is 8.53. The molecule has 4 N–H and O–H groups in total. The Morgan fingerprint density at radius 2 is 2.17 bits per heavy atom. The standard InChI is InChI=1S/C11H17N3O4/c1-16-10-7-8(13-11(12)14-17-2)3-4-9(10)18-6-5-15/h3-4,7,15H,5-6H2,1-2H3,(H3,12,13,14). The zero-order chi connectivity index (χ0) is 13.4. The van der Waals surface area contributed by atoms with Gasteiger partial charge in [-0.3, -0.25) is 4.84 Å². The van der Waals surface area contributed by atoms with Crippen molar-refractivity contribution < 1.29 is 19.4 Å². The van der Waals surface area contributed by atoms with E-state index in [0.29, 0.717) is 17.2 Å². The van der Waals surface area contributed by atoms with E-state index >= 15 is 0 Å². The molecule has 0 atom stereocenters. The number of aliphatic hydroxyl groups is 1. The van der Waals surface area contributed by atoms with Gasteiger partial charge in [-0.05, 0) is 12.1 Å². The molecular formula is C11H17N3O4. The number of aliphatic imine (C=N–C) groups is 1. The lowest BCUT2D eigenvalue weighted by Crippen LogP contribution is -2.30. The molecular weight excluding hydrogens is 238 g/mol. The van der Waals surface area contributed by atoms with Crippen LogP contribution in [0.4, 0.5) is 5.69 Å². The lowest BCUT2D eigenvalue weighted by Gasteiger charge is -2.10. The van der Waals surface area contributed by atoms with E-state index in [9.17, 15) is 0 Å². The molecule has 0 radical (unpaired) electrons. The lowest BCUT2D eigenvalue weighted by atomic mass is 10.3. The van der Waals surface area contributed by atoms with Gasteiger partial charge in [-0.25, -0.2) is 10.5 Å². The Balaban J connectivity index is 2.87. The third-order valence-corrected chi connectivity index (χ3v) is 1.95. The maximum atomic E-state index is 8.70. The first-order valence-corrected chi connectivity index (χ1v) is 5.26. The van der Waals surface area contributed by atoms with Crippen LogP contribution in [-0.4, -0.2) is 38.5 Å². The summed E-state index contributed by atoms with van der Waals surface area (Å²) in [5.74, 6) is 1.17. The molecule has 0 saturated heterocycles. The molecule has 0 aliphatic heterocycles. The monoisotopic (exact) mass is 255 g/mol. The third-order valence-electron chi connectivity index (χ3n) is 1.95. The molecule has 1 aromatic carbocycles. The molecule has 7 heteroatoms. The SMILES string of the molecule is CONC(N)=Nc1ccc(OCCO)c(OC)c1. The molecule has 7 nitrogen and oxygen atoms in total. The fourth-order valence-corrected chi connectivity index (χ4v) is 1.27. The molecule has 18 heavy (non-hydrogen) atoms. The molecule has 0 unspecified atom stereocenters. The van der Waals surface area contributed by atoms with Gasteiger partial charge in [0, 0.05) is 6.07 Å². The van der Waals surface area contributed by atoms with Gasteiger partial charge in [-0.2, -0.15) is 0 Å². The van der Waals surface area contributed by atoms with Crippen molar-refractivity contribution in [3.05, 3.63) is 18.2 Å². The van der Waals surface area contributed by atoms with Crippen molar-refractivity contribution in [3.63, 3.8) is 0 Å². The van der Waals surface area contributed by atoms with E-state index in [1.807, 2.05) is 0 Å². The van der Waals surface area contributed by atoms with Crippen molar-refractivity contribution in [1.82, 2.24) is 5.48 Å². The average Bonchev–Trinajstić information content (AvgIpc) is 2.37. The topological polar surface area (TPSA) is 98.3 Å². The summed E-state index contributed by atoms with van der Waals surface area (Å²) in [7, 11) is 2.96. The fourth-order valence-electron chi connectivity index (χ4n) is 1.27. The minimum atomic E-state index is -0.0617. The van der Waals surface area contributed by atoms with E-state index < -0.39 is 0 Å². The fraction of sp³-hybridized carbons (Fsp3) is 0.364. The number of methoxy groups -OCH3 is 1. The molecule has 0 heterocycles. The molecule has 0 amide bonds. The van der Waals surface area contributed by atoms with Gasteiger partial charge < -0.3 is 20.3 Å². The van der Waals surface area contributed by atoms with Gasteiger partial charge in [0.2, 0.25) is 5.96 Å². The van der Waals surface area contributed by atoms with Crippen LogP contribution in [0.15, 0.2) is 23.2 Å². The molecule has 0 aliphatic carbocycles. The van der Waals surface area contributed by atoms with Crippen LogP contribution in [0.1, 0.15) is 0 Å². The highest BCUT2D eigenvalue weighted by molar-refractivity contribution is 5.80. The first-order valence-electron chi connectivity index (χ1n) is 5.26. The predicted octanol–water partition coefficient (Wildman–Crippen LogP) is 0.163. The summed E-state index contributed by atoms with van der Waals surface area (Å²) in [5, 5.41) is 8.70. The summed E-state index contributed by atoms with van der Waals surface area (Å²) in [4.78, 5) is 8.67. The summed E-state index contributed by atoms with van der Waals surface area (Å²) >= 11 is 0. The number of nitrogens with two attached hydrogens (primary N) is 1. The Morgan fingerprint density at radius 3 is 2.78 bits per heavy atom. The molecule has 1 rings (SSSR count). The van der Waals surface area contributed by atoms with Crippen molar-refractivity contribution in [2.45, 2.75) is 0 Å². The molecule has 0 bridgehead atoms. The van der Waals surface area contributed by atoms with E-state index in [2.05, 4.69) is 15.3 Å². The number of ether oxygens (including phenoxy) is 2. The Kier molecular flexibility index (Phi) is 5.75. The normalized spacial score (nSPS) is 11.2. The highest BCUT2D eigenvalue weighted by Gasteiger charge is 2.05. The van der Waals surface area contributed by atoms with E-state index in [0.717, 1.165) is 0 Å². The Hall–Kier alpha value is -1.99. The Morgan fingerprint density at radius 1 is 1.39 bits per heavy atom. The Labute approximate surface area is 105 Å². The number of hydrogen-bond donors (Lipinski definition) is 3. The van der Waals surface area contributed by atoms with Crippen molar-refractivity contribution in [1.29, 1.82) is 0 Å². The van der Waals surface area contributed by atoms with Crippen LogP contribution in [-0.2, 0) is 4.84 Å².